The summed E-state index contributed by atoms with van der Waals surface area (Å²) in [7, 11) is 0. The van der Waals surface area contributed by atoms with Crippen LogP contribution in [0.25, 0.3) is 0 Å². The van der Waals surface area contributed by atoms with Crippen LogP contribution >= 0.6 is 0 Å². The fourth-order valence-electron chi connectivity index (χ4n) is 3.43. The van der Waals surface area contributed by atoms with Gasteiger partial charge in [0.25, 0.3) is 11.8 Å². The van der Waals surface area contributed by atoms with Gasteiger partial charge in [-0.1, -0.05) is 54.6 Å². The zero-order chi connectivity index (χ0) is 20.2. The van der Waals surface area contributed by atoms with Gasteiger partial charge in [-0.05, 0) is 41.8 Å². The Bertz CT molecular complexity index is 1020. The lowest BCUT2D eigenvalue weighted by Gasteiger charge is -2.14. The minimum Gasteiger partial charge on any atom is -0.355 e. The maximum Gasteiger partial charge on any atom is 0.266 e. The molecule has 0 radical (unpaired) electrons. The summed E-state index contributed by atoms with van der Waals surface area (Å²) >= 11 is 0. The third-order valence-electron chi connectivity index (χ3n) is 4.93. The first-order valence-corrected chi connectivity index (χ1v) is 9.51. The van der Waals surface area contributed by atoms with Gasteiger partial charge in [-0.3, -0.25) is 14.4 Å². The fraction of sp³-hybridized carbons (Fsp3) is 0.125. The van der Waals surface area contributed by atoms with Crippen molar-refractivity contribution in [1.29, 1.82) is 0 Å². The van der Waals surface area contributed by atoms with E-state index in [4.69, 9.17) is 0 Å². The molecule has 4 rings (SSSR count). The van der Waals surface area contributed by atoms with Crippen LogP contribution in [-0.4, -0.2) is 24.3 Å². The summed E-state index contributed by atoms with van der Waals surface area (Å²) < 4.78 is 0. The van der Waals surface area contributed by atoms with Gasteiger partial charge in [-0.25, -0.2) is 4.90 Å². The number of carbonyl (C=O) groups is 3. The minimum absolute atomic E-state index is 0.0607. The molecule has 0 aliphatic carbocycles. The highest BCUT2D eigenvalue weighted by atomic mass is 16.2. The van der Waals surface area contributed by atoms with Crippen molar-refractivity contribution in [3.05, 3.63) is 101 Å². The summed E-state index contributed by atoms with van der Waals surface area (Å²) in [6, 6.07) is 23.7. The third-order valence-corrected chi connectivity index (χ3v) is 4.93. The molecule has 1 N–H and O–H groups in total. The first-order chi connectivity index (χ1) is 14.1. The van der Waals surface area contributed by atoms with Gasteiger partial charge in [-0.15, -0.1) is 0 Å². The van der Waals surface area contributed by atoms with E-state index in [9.17, 15) is 14.4 Å². The maximum absolute atomic E-state index is 12.5. The molecule has 0 bridgehead atoms. The smallest absolute Gasteiger partial charge is 0.266 e. The molecular formula is C24H20N2O3. The number of hydrogen-bond donors (Lipinski definition) is 1. The number of fused-ring (bicyclic) bond motifs is 1. The molecule has 1 aliphatic heterocycles. The fourth-order valence-corrected chi connectivity index (χ4v) is 3.43. The largest absolute Gasteiger partial charge is 0.355 e. The number of amides is 3. The van der Waals surface area contributed by atoms with E-state index in [2.05, 4.69) is 5.32 Å². The minimum atomic E-state index is -0.322. The van der Waals surface area contributed by atoms with Crippen LogP contribution in [0.15, 0.2) is 78.9 Å². The van der Waals surface area contributed by atoms with Crippen molar-refractivity contribution in [2.24, 2.45) is 0 Å². The predicted molar refractivity (Wildman–Crippen MR) is 111 cm³/mol. The van der Waals surface area contributed by atoms with Crippen LogP contribution in [0.3, 0.4) is 0 Å². The molecular weight excluding hydrogens is 364 g/mol. The van der Waals surface area contributed by atoms with Gasteiger partial charge in [0.05, 0.1) is 23.2 Å². The highest BCUT2D eigenvalue weighted by molar-refractivity contribution is 6.34. The molecule has 1 aliphatic rings. The Morgan fingerprint density at radius 2 is 1.31 bits per heavy atom. The number of carbonyl (C=O) groups excluding carboxylic acids is 3. The van der Waals surface area contributed by atoms with E-state index in [0.29, 0.717) is 23.4 Å². The number of imide groups is 1. The number of nitrogens with zero attached hydrogens (tertiary/aromatic N) is 1. The van der Waals surface area contributed by atoms with Crippen molar-refractivity contribution < 1.29 is 14.4 Å². The normalized spacial score (nSPS) is 12.8. The summed E-state index contributed by atoms with van der Waals surface area (Å²) in [4.78, 5) is 38.4. The molecule has 3 aromatic rings. The topological polar surface area (TPSA) is 66.5 Å². The van der Waals surface area contributed by atoms with Gasteiger partial charge in [0.2, 0.25) is 5.91 Å². The number of anilines is 1. The molecule has 3 amide bonds. The molecule has 144 valence electrons. The van der Waals surface area contributed by atoms with Crippen LogP contribution < -0.4 is 10.2 Å². The quantitative estimate of drug-likeness (QED) is 0.663. The Morgan fingerprint density at radius 3 is 1.93 bits per heavy atom. The summed E-state index contributed by atoms with van der Waals surface area (Å²) in [5.41, 5.74) is 3.34. The van der Waals surface area contributed by atoms with E-state index in [1.54, 1.807) is 48.5 Å². The Morgan fingerprint density at radius 1 is 0.724 bits per heavy atom. The van der Waals surface area contributed by atoms with Gasteiger partial charge < -0.3 is 5.32 Å². The first kappa shape index (κ1) is 18.6. The van der Waals surface area contributed by atoms with E-state index in [-0.39, 0.29) is 24.1 Å². The van der Waals surface area contributed by atoms with E-state index in [1.807, 2.05) is 30.3 Å². The molecule has 0 spiro atoms. The average Bonchev–Trinajstić information content (AvgIpc) is 3.00. The molecule has 0 fully saturated rings. The van der Waals surface area contributed by atoms with Crippen molar-refractivity contribution in [2.75, 3.05) is 11.4 Å². The highest BCUT2D eigenvalue weighted by Gasteiger charge is 2.36. The number of hydrogen-bond acceptors (Lipinski definition) is 3. The summed E-state index contributed by atoms with van der Waals surface area (Å²) in [5, 5.41) is 2.92. The summed E-state index contributed by atoms with van der Waals surface area (Å²) in [5.74, 6) is -0.705. The Balaban J connectivity index is 1.35. The molecule has 1 heterocycles. The lowest BCUT2D eigenvalue weighted by molar-refractivity contribution is -0.120. The van der Waals surface area contributed by atoms with E-state index in [1.165, 1.54) is 10.5 Å². The zero-order valence-corrected chi connectivity index (χ0v) is 15.8. The predicted octanol–water partition coefficient (Wildman–Crippen LogP) is 3.39. The summed E-state index contributed by atoms with van der Waals surface area (Å²) in [6.45, 7) is 0.579. The molecule has 0 saturated heterocycles. The van der Waals surface area contributed by atoms with Crippen LogP contribution in [0.5, 0.6) is 0 Å². The van der Waals surface area contributed by atoms with Gasteiger partial charge in [0.15, 0.2) is 0 Å². The van der Waals surface area contributed by atoms with Crippen LogP contribution in [0.4, 0.5) is 5.69 Å². The van der Waals surface area contributed by atoms with Crippen molar-refractivity contribution in [2.45, 2.75) is 12.8 Å². The lowest BCUT2D eigenvalue weighted by atomic mass is 10.1. The Hall–Kier alpha value is -3.73. The molecule has 0 saturated carbocycles. The molecule has 5 heteroatoms. The highest BCUT2D eigenvalue weighted by Crippen LogP contribution is 2.28. The standard InChI is InChI=1S/C24H20N2O3/c27-22(25-15-14-17-6-2-1-3-7-17)16-18-10-12-19(13-11-18)26-23(28)20-8-4-5-9-21(20)24(26)29/h1-13H,14-16H2,(H,25,27). The van der Waals surface area contributed by atoms with Crippen LogP contribution in [-0.2, 0) is 17.6 Å². The van der Waals surface area contributed by atoms with Crippen LogP contribution in [0, 0.1) is 0 Å². The monoisotopic (exact) mass is 384 g/mol. The van der Waals surface area contributed by atoms with Gasteiger partial charge in [0.1, 0.15) is 0 Å². The maximum atomic E-state index is 12.5. The molecule has 3 aromatic carbocycles. The SMILES string of the molecule is O=C(Cc1ccc(N2C(=O)c3ccccc3C2=O)cc1)NCCc1ccccc1. The molecule has 0 aromatic heterocycles. The molecule has 0 atom stereocenters. The molecule has 29 heavy (non-hydrogen) atoms. The molecule has 5 nitrogen and oxygen atoms in total. The Kier molecular flexibility index (Phi) is 5.20. The van der Waals surface area contributed by atoms with E-state index < -0.39 is 0 Å². The van der Waals surface area contributed by atoms with Crippen molar-refractivity contribution in [3.8, 4) is 0 Å². The number of nitrogens with one attached hydrogen (secondary N) is 1. The average molecular weight is 384 g/mol. The van der Waals surface area contributed by atoms with Crippen LogP contribution in [0.2, 0.25) is 0 Å². The van der Waals surface area contributed by atoms with Gasteiger partial charge >= 0.3 is 0 Å². The van der Waals surface area contributed by atoms with Gasteiger partial charge in [0, 0.05) is 6.54 Å². The van der Waals surface area contributed by atoms with E-state index in [0.717, 1.165) is 12.0 Å². The van der Waals surface area contributed by atoms with Gasteiger partial charge in [-0.2, -0.15) is 0 Å². The lowest BCUT2D eigenvalue weighted by Crippen LogP contribution is -2.29. The van der Waals surface area contributed by atoms with Crippen molar-refractivity contribution in [1.82, 2.24) is 5.32 Å². The number of benzene rings is 3. The Labute approximate surface area is 169 Å². The third kappa shape index (κ3) is 3.94. The first-order valence-electron chi connectivity index (χ1n) is 9.51. The molecule has 0 unspecified atom stereocenters. The number of rotatable bonds is 6. The van der Waals surface area contributed by atoms with Crippen molar-refractivity contribution >= 4 is 23.4 Å². The van der Waals surface area contributed by atoms with Crippen LogP contribution in [0.1, 0.15) is 31.8 Å². The van der Waals surface area contributed by atoms with E-state index >= 15 is 0 Å². The van der Waals surface area contributed by atoms with Crippen molar-refractivity contribution in [3.63, 3.8) is 0 Å². The summed E-state index contributed by atoms with van der Waals surface area (Å²) in [6.07, 6.45) is 1.03. The second kappa shape index (κ2) is 8.10. The second-order valence-electron chi connectivity index (χ2n) is 6.92. The zero-order valence-electron chi connectivity index (χ0n) is 15.8. The second-order valence-corrected chi connectivity index (χ2v) is 6.92.